The van der Waals surface area contributed by atoms with Crippen LogP contribution in [-0.2, 0) is 13.6 Å². The van der Waals surface area contributed by atoms with Gasteiger partial charge in [-0.05, 0) is 31.8 Å². The van der Waals surface area contributed by atoms with Crippen molar-refractivity contribution in [2.75, 3.05) is 20.1 Å². The third-order valence-corrected chi connectivity index (χ3v) is 4.03. The van der Waals surface area contributed by atoms with Crippen LogP contribution in [0.1, 0.15) is 31.5 Å². The smallest absolute Gasteiger partial charge is 0.122 e. The molecule has 1 saturated carbocycles. The molecule has 1 fully saturated rings. The van der Waals surface area contributed by atoms with Gasteiger partial charge >= 0.3 is 0 Å². The molecule has 0 radical (unpaired) electrons. The molecule has 0 atom stereocenters. The zero-order chi connectivity index (χ0) is 12.3. The molecule has 0 amide bonds. The Bertz CT molecular complexity index is 352. The molecule has 0 spiro atoms. The summed E-state index contributed by atoms with van der Waals surface area (Å²) >= 11 is 0. The van der Waals surface area contributed by atoms with Gasteiger partial charge in [-0.15, -0.1) is 0 Å². The highest BCUT2D eigenvalue weighted by atomic mass is 15.2. The van der Waals surface area contributed by atoms with Crippen LogP contribution in [0.4, 0.5) is 0 Å². The van der Waals surface area contributed by atoms with E-state index in [0.29, 0.717) is 5.41 Å². The van der Waals surface area contributed by atoms with Crippen molar-refractivity contribution < 1.29 is 0 Å². The summed E-state index contributed by atoms with van der Waals surface area (Å²) in [7, 11) is 4.22. The fraction of sp³-hybridized carbons (Fsp3) is 0.769. The number of nitrogens with zero attached hydrogens (tertiary/aromatic N) is 3. The van der Waals surface area contributed by atoms with Gasteiger partial charge in [-0.1, -0.05) is 12.8 Å². The molecule has 1 aromatic heterocycles. The molecule has 1 heterocycles. The molecule has 0 unspecified atom stereocenters. The van der Waals surface area contributed by atoms with Crippen molar-refractivity contribution in [2.24, 2.45) is 18.2 Å². The molecular weight excluding hydrogens is 212 g/mol. The summed E-state index contributed by atoms with van der Waals surface area (Å²) in [6.45, 7) is 2.82. The summed E-state index contributed by atoms with van der Waals surface area (Å²) in [6.07, 6.45) is 9.11. The number of hydrogen-bond acceptors (Lipinski definition) is 3. The van der Waals surface area contributed by atoms with Gasteiger partial charge in [0, 0.05) is 26.0 Å². The van der Waals surface area contributed by atoms with E-state index in [1.165, 1.54) is 25.7 Å². The van der Waals surface area contributed by atoms with Crippen LogP contribution in [0.15, 0.2) is 12.4 Å². The van der Waals surface area contributed by atoms with Crippen LogP contribution in [0.3, 0.4) is 0 Å². The van der Waals surface area contributed by atoms with E-state index in [0.717, 1.165) is 25.5 Å². The van der Waals surface area contributed by atoms with Crippen LogP contribution < -0.4 is 5.73 Å². The van der Waals surface area contributed by atoms with Crippen molar-refractivity contribution in [2.45, 2.75) is 32.2 Å². The van der Waals surface area contributed by atoms with Crippen LogP contribution in [0.2, 0.25) is 0 Å². The lowest BCUT2D eigenvalue weighted by Gasteiger charge is -2.32. The summed E-state index contributed by atoms with van der Waals surface area (Å²) in [6, 6.07) is 0. The lowest BCUT2D eigenvalue weighted by Crippen LogP contribution is -2.39. The van der Waals surface area contributed by atoms with Crippen molar-refractivity contribution in [1.29, 1.82) is 0 Å². The SMILES string of the molecule is CN(Cc1nccn1C)CC1(CN)CCCC1. The molecule has 2 N–H and O–H groups in total. The predicted molar refractivity (Wildman–Crippen MR) is 69.5 cm³/mol. The molecule has 1 aliphatic rings. The van der Waals surface area contributed by atoms with Gasteiger partial charge in [-0.3, -0.25) is 4.90 Å². The topological polar surface area (TPSA) is 47.1 Å². The van der Waals surface area contributed by atoms with Gasteiger partial charge in [-0.25, -0.2) is 4.98 Å². The standard InChI is InChI=1S/C13H24N4/c1-16(9-12-15-7-8-17(12)2)11-13(10-14)5-3-4-6-13/h7-8H,3-6,9-11,14H2,1-2H3. The Labute approximate surface area is 104 Å². The maximum absolute atomic E-state index is 5.97. The average molecular weight is 236 g/mol. The Kier molecular flexibility index (Phi) is 3.84. The largest absolute Gasteiger partial charge is 0.337 e. The van der Waals surface area contributed by atoms with E-state index >= 15 is 0 Å². The number of aromatic nitrogens is 2. The van der Waals surface area contributed by atoms with E-state index < -0.39 is 0 Å². The van der Waals surface area contributed by atoms with Crippen molar-refractivity contribution >= 4 is 0 Å². The van der Waals surface area contributed by atoms with Crippen molar-refractivity contribution in [3.05, 3.63) is 18.2 Å². The lowest BCUT2D eigenvalue weighted by molar-refractivity contribution is 0.175. The second-order valence-corrected chi connectivity index (χ2v) is 5.54. The van der Waals surface area contributed by atoms with Gasteiger partial charge in [0.15, 0.2) is 0 Å². The first-order chi connectivity index (χ1) is 8.15. The van der Waals surface area contributed by atoms with Gasteiger partial charge in [0.2, 0.25) is 0 Å². The van der Waals surface area contributed by atoms with E-state index in [2.05, 4.69) is 21.5 Å². The summed E-state index contributed by atoms with van der Waals surface area (Å²) in [5, 5.41) is 0. The van der Waals surface area contributed by atoms with Gasteiger partial charge in [0.25, 0.3) is 0 Å². The first-order valence-corrected chi connectivity index (χ1v) is 6.50. The molecular formula is C13H24N4. The third-order valence-electron chi connectivity index (χ3n) is 4.03. The maximum Gasteiger partial charge on any atom is 0.122 e. The molecule has 1 aliphatic carbocycles. The molecule has 96 valence electrons. The summed E-state index contributed by atoms with van der Waals surface area (Å²) in [4.78, 5) is 6.73. The fourth-order valence-corrected chi connectivity index (χ4v) is 2.97. The summed E-state index contributed by atoms with van der Waals surface area (Å²) in [5.74, 6) is 1.12. The molecule has 0 saturated heterocycles. The normalized spacial score (nSPS) is 19.1. The minimum atomic E-state index is 0.361. The van der Waals surface area contributed by atoms with E-state index in [4.69, 9.17) is 5.73 Å². The minimum absolute atomic E-state index is 0.361. The molecule has 0 bridgehead atoms. The Hall–Kier alpha value is -0.870. The molecule has 4 heteroatoms. The molecule has 1 aromatic rings. The summed E-state index contributed by atoms with van der Waals surface area (Å²) < 4.78 is 2.08. The Morgan fingerprint density at radius 1 is 1.47 bits per heavy atom. The van der Waals surface area contributed by atoms with Crippen LogP contribution in [0.5, 0.6) is 0 Å². The van der Waals surface area contributed by atoms with Crippen molar-refractivity contribution in [3.63, 3.8) is 0 Å². The molecule has 17 heavy (non-hydrogen) atoms. The van der Waals surface area contributed by atoms with Crippen LogP contribution >= 0.6 is 0 Å². The number of rotatable bonds is 5. The van der Waals surface area contributed by atoms with Crippen LogP contribution in [0.25, 0.3) is 0 Å². The zero-order valence-electron chi connectivity index (χ0n) is 11.0. The predicted octanol–water partition coefficient (Wildman–Crippen LogP) is 1.37. The molecule has 0 aliphatic heterocycles. The lowest BCUT2D eigenvalue weighted by atomic mass is 9.86. The number of hydrogen-bond donors (Lipinski definition) is 1. The number of imidazole rings is 1. The highest BCUT2D eigenvalue weighted by molar-refractivity contribution is 4.93. The Morgan fingerprint density at radius 3 is 2.71 bits per heavy atom. The minimum Gasteiger partial charge on any atom is -0.337 e. The van der Waals surface area contributed by atoms with Gasteiger partial charge < -0.3 is 10.3 Å². The first kappa shape index (κ1) is 12.6. The Balaban J connectivity index is 1.92. The van der Waals surface area contributed by atoms with E-state index in [1.807, 2.05) is 19.4 Å². The average Bonchev–Trinajstić information content (AvgIpc) is 2.90. The first-order valence-electron chi connectivity index (χ1n) is 6.50. The summed E-state index contributed by atoms with van der Waals surface area (Å²) in [5.41, 5.74) is 6.33. The van der Waals surface area contributed by atoms with E-state index in [-0.39, 0.29) is 0 Å². The van der Waals surface area contributed by atoms with Crippen LogP contribution in [0, 0.1) is 5.41 Å². The molecule has 2 rings (SSSR count). The Morgan fingerprint density at radius 2 is 2.18 bits per heavy atom. The van der Waals surface area contributed by atoms with Crippen molar-refractivity contribution in [3.8, 4) is 0 Å². The van der Waals surface area contributed by atoms with Crippen molar-refractivity contribution in [1.82, 2.24) is 14.5 Å². The number of nitrogens with two attached hydrogens (primary N) is 1. The quantitative estimate of drug-likeness (QED) is 0.840. The fourth-order valence-electron chi connectivity index (χ4n) is 2.97. The second kappa shape index (κ2) is 5.19. The number of aryl methyl sites for hydroxylation is 1. The zero-order valence-corrected chi connectivity index (χ0v) is 11.0. The van der Waals surface area contributed by atoms with E-state index in [9.17, 15) is 0 Å². The third kappa shape index (κ3) is 2.87. The van der Waals surface area contributed by atoms with Gasteiger partial charge in [-0.2, -0.15) is 0 Å². The molecule has 4 nitrogen and oxygen atoms in total. The highest BCUT2D eigenvalue weighted by Gasteiger charge is 2.33. The maximum atomic E-state index is 5.97. The van der Waals surface area contributed by atoms with E-state index in [1.54, 1.807) is 0 Å². The molecule has 0 aromatic carbocycles. The highest BCUT2D eigenvalue weighted by Crippen LogP contribution is 2.37. The van der Waals surface area contributed by atoms with Gasteiger partial charge in [0.1, 0.15) is 5.82 Å². The monoisotopic (exact) mass is 236 g/mol. The second-order valence-electron chi connectivity index (χ2n) is 5.54. The van der Waals surface area contributed by atoms with Gasteiger partial charge in [0.05, 0.1) is 6.54 Å². The van der Waals surface area contributed by atoms with Crippen LogP contribution in [-0.4, -0.2) is 34.6 Å².